The highest BCUT2D eigenvalue weighted by molar-refractivity contribution is 7.89. The molecule has 0 aliphatic heterocycles. The second kappa shape index (κ2) is 8.75. The van der Waals surface area contributed by atoms with Crippen LogP contribution in [0.5, 0.6) is 0 Å². The van der Waals surface area contributed by atoms with Gasteiger partial charge in [-0.2, -0.15) is 0 Å². The van der Waals surface area contributed by atoms with Gasteiger partial charge in [0.05, 0.1) is 11.5 Å². The molecule has 0 aliphatic rings. The second-order valence-corrected chi connectivity index (χ2v) is 7.07. The van der Waals surface area contributed by atoms with E-state index in [9.17, 15) is 13.2 Å². The number of para-hydroxylation sites is 1. The number of hydrogen-bond acceptors (Lipinski definition) is 4. The number of nitrogens with one attached hydrogen (secondary N) is 1. The van der Waals surface area contributed by atoms with Crippen molar-refractivity contribution in [1.82, 2.24) is 4.72 Å². The molecule has 0 saturated carbocycles. The van der Waals surface area contributed by atoms with Crippen molar-refractivity contribution in [2.45, 2.75) is 11.8 Å². The van der Waals surface area contributed by atoms with E-state index in [2.05, 4.69) is 4.72 Å². The third-order valence-electron chi connectivity index (χ3n) is 3.64. The zero-order valence-corrected chi connectivity index (χ0v) is 15.1. The molecule has 0 aromatic heterocycles. The topological polar surface area (TPSA) is 75.7 Å². The second-order valence-electron chi connectivity index (χ2n) is 5.30. The summed E-state index contributed by atoms with van der Waals surface area (Å²) in [6.45, 7) is 2.89. The smallest absolute Gasteiger partial charge is 0.258 e. The van der Waals surface area contributed by atoms with Crippen molar-refractivity contribution < 1.29 is 17.9 Å². The van der Waals surface area contributed by atoms with E-state index in [0.29, 0.717) is 18.7 Å². The zero-order valence-electron chi connectivity index (χ0n) is 14.3. The number of nitrogens with zero attached hydrogens (tertiary/aromatic N) is 1. The average molecular weight is 362 g/mol. The monoisotopic (exact) mass is 362 g/mol. The highest BCUT2D eigenvalue weighted by atomic mass is 32.2. The van der Waals surface area contributed by atoms with Crippen molar-refractivity contribution in [2.24, 2.45) is 0 Å². The van der Waals surface area contributed by atoms with Crippen molar-refractivity contribution in [3.63, 3.8) is 0 Å². The van der Waals surface area contributed by atoms with Crippen LogP contribution < -0.4 is 9.62 Å². The van der Waals surface area contributed by atoms with Crippen LogP contribution in [0.25, 0.3) is 0 Å². The van der Waals surface area contributed by atoms with Crippen LogP contribution in [0, 0.1) is 0 Å². The number of hydrogen-bond donors (Lipinski definition) is 1. The van der Waals surface area contributed by atoms with Crippen LogP contribution in [-0.2, 0) is 14.8 Å². The predicted octanol–water partition coefficient (Wildman–Crippen LogP) is 2.28. The summed E-state index contributed by atoms with van der Waals surface area (Å²) in [5.41, 5.74) is 1.23. The Morgan fingerprint density at radius 3 is 2.28 bits per heavy atom. The number of benzene rings is 2. The standard InChI is InChI=1S/C18H22N2O4S/c1-3-20(16-7-5-4-6-8-16)18(21)15-9-11-17(12-10-15)25(22,23)19-13-14-24-2/h4-12,19H,3,13-14H2,1-2H3. The molecule has 1 N–H and O–H groups in total. The van der Waals surface area contributed by atoms with Crippen molar-refractivity contribution in [2.75, 3.05) is 31.7 Å². The Labute approximate surface area is 148 Å². The molecule has 0 radical (unpaired) electrons. The van der Waals surface area contributed by atoms with Crippen molar-refractivity contribution >= 4 is 21.6 Å². The Kier molecular flexibility index (Phi) is 6.69. The van der Waals surface area contributed by atoms with Crippen LogP contribution in [-0.4, -0.2) is 41.1 Å². The van der Waals surface area contributed by atoms with Crippen LogP contribution in [0.3, 0.4) is 0 Å². The van der Waals surface area contributed by atoms with Gasteiger partial charge in [0.15, 0.2) is 0 Å². The number of sulfonamides is 1. The minimum Gasteiger partial charge on any atom is -0.383 e. The summed E-state index contributed by atoms with van der Waals surface area (Å²) in [6, 6.07) is 15.3. The molecule has 2 aromatic carbocycles. The first-order valence-corrected chi connectivity index (χ1v) is 9.43. The first-order valence-electron chi connectivity index (χ1n) is 7.95. The maximum atomic E-state index is 12.7. The van der Waals surface area contributed by atoms with Crippen LogP contribution in [0.15, 0.2) is 59.5 Å². The van der Waals surface area contributed by atoms with Gasteiger partial charge in [0, 0.05) is 31.5 Å². The van der Waals surface area contributed by atoms with Crippen LogP contribution in [0.4, 0.5) is 5.69 Å². The summed E-state index contributed by atoms with van der Waals surface area (Å²) in [5, 5.41) is 0. The molecule has 1 amide bonds. The third kappa shape index (κ3) is 4.88. The van der Waals surface area contributed by atoms with Gasteiger partial charge in [-0.05, 0) is 43.3 Å². The molecular formula is C18H22N2O4S. The first-order chi connectivity index (χ1) is 12.0. The molecule has 0 saturated heterocycles. The van der Waals surface area contributed by atoms with Gasteiger partial charge >= 0.3 is 0 Å². The third-order valence-corrected chi connectivity index (χ3v) is 5.12. The number of carbonyl (C=O) groups excluding carboxylic acids is 1. The van der Waals surface area contributed by atoms with E-state index in [1.807, 2.05) is 37.3 Å². The van der Waals surface area contributed by atoms with E-state index < -0.39 is 10.0 Å². The molecule has 2 aromatic rings. The number of ether oxygens (including phenoxy) is 1. The summed E-state index contributed by atoms with van der Waals surface area (Å²) in [4.78, 5) is 14.4. The van der Waals surface area contributed by atoms with Gasteiger partial charge < -0.3 is 9.64 Å². The molecule has 0 bridgehead atoms. The van der Waals surface area contributed by atoms with E-state index in [0.717, 1.165) is 5.69 Å². The summed E-state index contributed by atoms with van der Waals surface area (Å²) < 4.78 is 31.5. The molecule has 134 valence electrons. The van der Waals surface area contributed by atoms with E-state index >= 15 is 0 Å². The summed E-state index contributed by atoms with van der Waals surface area (Å²) in [5.74, 6) is -0.176. The molecule has 0 fully saturated rings. The average Bonchev–Trinajstić information content (AvgIpc) is 2.63. The molecule has 0 heterocycles. The minimum atomic E-state index is -3.61. The van der Waals surface area contributed by atoms with Gasteiger partial charge in [-0.25, -0.2) is 13.1 Å². The summed E-state index contributed by atoms with van der Waals surface area (Å²) in [7, 11) is -2.11. The lowest BCUT2D eigenvalue weighted by molar-refractivity contribution is 0.0988. The van der Waals surface area contributed by atoms with Crippen molar-refractivity contribution in [3.05, 3.63) is 60.2 Å². The Balaban J connectivity index is 2.17. The molecule has 0 unspecified atom stereocenters. The number of rotatable bonds is 8. The van der Waals surface area contributed by atoms with Gasteiger partial charge in [0.25, 0.3) is 5.91 Å². The molecule has 0 aliphatic carbocycles. The number of anilines is 1. The van der Waals surface area contributed by atoms with E-state index in [4.69, 9.17) is 4.74 Å². The lowest BCUT2D eigenvalue weighted by Crippen LogP contribution is -2.30. The lowest BCUT2D eigenvalue weighted by atomic mass is 10.2. The number of carbonyl (C=O) groups is 1. The minimum absolute atomic E-state index is 0.114. The molecule has 6 nitrogen and oxygen atoms in total. The van der Waals surface area contributed by atoms with Crippen molar-refractivity contribution in [1.29, 1.82) is 0 Å². The van der Waals surface area contributed by atoms with E-state index in [-0.39, 0.29) is 17.3 Å². The quantitative estimate of drug-likeness (QED) is 0.731. The van der Waals surface area contributed by atoms with Crippen LogP contribution in [0.1, 0.15) is 17.3 Å². The Hall–Kier alpha value is -2.22. The SMILES string of the molecule is CCN(C(=O)c1ccc(S(=O)(=O)NCCOC)cc1)c1ccccc1. The fraction of sp³-hybridized carbons (Fsp3) is 0.278. The number of methoxy groups -OCH3 is 1. The zero-order chi connectivity index (χ0) is 18.3. The van der Waals surface area contributed by atoms with Gasteiger partial charge in [-0.3, -0.25) is 4.79 Å². The highest BCUT2D eigenvalue weighted by Gasteiger charge is 2.18. The molecule has 0 spiro atoms. The fourth-order valence-electron chi connectivity index (χ4n) is 2.35. The predicted molar refractivity (Wildman–Crippen MR) is 97.3 cm³/mol. The maximum Gasteiger partial charge on any atom is 0.258 e. The van der Waals surface area contributed by atoms with E-state index in [1.165, 1.54) is 31.4 Å². The Morgan fingerprint density at radius 1 is 1.08 bits per heavy atom. The largest absolute Gasteiger partial charge is 0.383 e. The Morgan fingerprint density at radius 2 is 1.72 bits per heavy atom. The molecule has 7 heteroatoms. The van der Waals surface area contributed by atoms with Crippen LogP contribution in [0.2, 0.25) is 0 Å². The lowest BCUT2D eigenvalue weighted by Gasteiger charge is -2.21. The highest BCUT2D eigenvalue weighted by Crippen LogP contribution is 2.18. The summed E-state index contributed by atoms with van der Waals surface area (Å²) in [6.07, 6.45) is 0. The van der Waals surface area contributed by atoms with Crippen molar-refractivity contribution in [3.8, 4) is 0 Å². The normalized spacial score (nSPS) is 11.3. The summed E-state index contributed by atoms with van der Waals surface area (Å²) >= 11 is 0. The van der Waals surface area contributed by atoms with Gasteiger partial charge in [0.2, 0.25) is 10.0 Å². The molecule has 0 atom stereocenters. The van der Waals surface area contributed by atoms with Gasteiger partial charge in [-0.1, -0.05) is 18.2 Å². The number of amides is 1. The Bertz CT molecular complexity index is 790. The van der Waals surface area contributed by atoms with Gasteiger partial charge in [-0.15, -0.1) is 0 Å². The fourth-order valence-corrected chi connectivity index (χ4v) is 3.36. The molecule has 2 rings (SSSR count). The molecular weight excluding hydrogens is 340 g/mol. The van der Waals surface area contributed by atoms with E-state index in [1.54, 1.807) is 4.90 Å². The van der Waals surface area contributed by atoms with Gasteiger partial charge in [0.1, 0.15) is 0 Å². The first kappa shape index (κ1) is 19.1. The molecule has 25 heavy (non-hydrogen) atoms. The van der Waals surface area contributed by atoms with Crippen LogP contribution >= 0.6 is 0 Å². The maximum absolute atomic E-state index is 12.7.